The fourth-order valence-electron chi connectivity index (χ4n) is 4.45. The molecule has 38 heavy (non-hydrogen) atoms. The zero-order valence-corrected chi connectivity index (χ0v) is 23.9. The topological polar surface area (TPSA) is 49.8 Å². The number of ether oxygens (including phenoxy) is 1. The van der Waals surface area contributed by atoms with E-state index >= 15 is 0 Å². The Balaban J connectivity index is 1.55. The molecule has 6 heteroatoms. The van der Waals surface area contributed by atoms with Gasteiger partial charge in [-0.2, -0.15) is 0 Å². The van der Waals surface area contributed by atoms with Crippen LogP contribution in [0.5, 0.6) is 5.75 Å². The van der Waals surface area contributed by atoms with E-state index < -0.39 is 5.97 Å². The average molecular weight is 544 g/mol. The van der Waals surface area contributed by atoms with Gasteiger partial charge in [-0.3, -0.25) is 4.79 Å². The smallest absolute Gasteiger partial charge is 0.313 e. The van der Waals surface area contributed by atoms with Crippen molar-refractivity contribution in [2.45, 2.75) is 43.7 Å². The number of hydrogen-bond donors (Lipinski definition) is 1. The maximum absolute atomic E-state index is 10.9. The minimum atomic E-state index is -0.808. The van der Waals surface area contributed by atoms with Crippen LogP contribution in [0.2, 0.25) is 0 Å². The quantitative estimate of drug-likeness (QED) is 0.152. The summed E-state index contributed by atoms with van der Waals surface area (Å²) in [5, 5.41) is 8.99. The van der Waals surface area contributed by atoms with Crippen LogP contribution in [0.3, 0.4) is 0 Å². The van der Waals surface area contributed by atoms with Crippen LogP contribution in [-0.2, 0) is 17.9 Å². The first-order chi connectivity index (χ1) is 18.3. The molecule has 0 aliphatic heterocycles. The lowest BCUT2D eigenvalue weighted by Crippen LogP contribution is -2.15. The Hall–Kier alpha value is -3.19. The predicted octanol–water partition coefficient (Wildman–Crippen LogP) is 8.17. The molecule has 0 fully saturated rings. The zero-order valence-electron chi connectivity index (χ0n) is 22.2. The van der Waals surface area contributed by atoms with Gasteiger partial charge < -0.3 is 9.84 Å². The molecule has 0 amide bonds. The number of methoxy groups -OCH3 is 1. The number of carboxylic acid groups (broad SMARTS) is 1. The van der Waals surface area contributed by atoms with E-state index in [2.05, 4.69) is 85.7 Å². The molecule has 0 heterocycles. The highest BCUT2D eigenvalue weighted by atomic mass is 32.2. The number of nitrogens with zero attached hydrogens (tertiary/aromatic N) is 1. The number of rotatable bonds is 11. The molecule has 196 valence electrons. The van der Waals surface area contributed by atoms with E-state index in [9.17, 15) is 4.79 Å². The second-order valence-electron chi connectivity index (χ2n) is 9.38. The van der Waals surface area contributed by atoms with Gasteiger partial charge in [0, 0.05) is 22.9 Å². The molecule has 0 aromatic heterocycles. The number of thioether (sulfide) groups is 1. The van der Waals surface area contributed by atoms with Crippen molar-refractivity contribution < 1.29 is 14.6 Å². The third kappa shape index (κ3) is 7.67. The van der Waals surface area contributed by atoms with Crippen molar-refractivity contribution >= 4 is 29.7 Å². The molecule has 4 aromatic carbocycles. The summed E-state index contributed by atoms with van der Waals surface area (Å²) in [5.74, 6) is 0.115. The number of aliphatic carboxylic acids is 1. The standard InChI is InChI=1S/C32H33NO3S2/c1-22-15-23(2)32(24(3)16-22)38-33(20-26-7-5-9-29(17-26)36-4)19-25-11-13-27(14-12-25)28-8-6-10-30(18-28)37-21-31(34)35/h5-18H,19-21H2,1-4H3,(H,34,35). The Bertz CT molecular complexity index is 1380. The lowest BCUT2D eigenvalue weighted by molar-refractivity contribution is -0.133. The summed E-state index contributed by atoms with van der Waals surface area (Å²) in [6, 6.07) is 29.4. The molecular weight excluding hydrogens is 510 g/mol. The molecule has 4 rings (SSSR count). The normalized spacial score (nSPS) is 11.1. The molecule has 0 aliphatic rings. The Morgan fingerprint density at radius 1 is 0.816 bits per heavy atom. The van der Waals surface area contributed by atoms with Crippen molar-refractivity contribution in [1.29, 1.82) is 0 Å². The zero-order chi connectivity index (χ0) is 27.1. The van der Waals surface area contributed by atoms with Crippen LogP contribution in [-0.4, -0.2) is 28.2 Å². The van der Waals surface area contributed by atoms with Gasteiger partial charge in [-0.1, -0.05) is 66.2 Å². The van der Waals surface area contributed by atoms with E-state index in [1.165, 1.54) is 44.5 Å². The average Bonchev–Trinajstić information content (AvgIpc) is 2.90. The van der Waals surface area contributed by atoms with Crippen LogP contribution in [0, 0.1) is 20.8 Å². The minimum Gasteiger partial charge on any atom is -0.497 e. The Morgan fingerprint density at radius 3 is 2.18 bits per heavy atom. The number of aryl methyl sites for hydroxylation is 3. The summed E-state index contributed by atoms with van der Waals surface area (Å²) in [6.07, 6.45) is 0. The first kappa shape index (κ1) is 27.8. The molecule has 0 spiro atoms. The fourth-order valence-corrected chi connectivity index (χ4v) is 6.22. The first-order valence-electron chi connectivity index (χ1n) is 12.5. The van der Waals surface area contributed by atoms with E-state index in [-0.39, 0.29) is 5.75 Å². The van der Waals surface area contributed by atoms with Gasteiger partial charge in [0.05, 0.1) is 12.9 Å². The van der Waals surface area contributed by atoms with Crippen molar-refractivity contribution in [1.82, 2.24) is 4.31 Å². The van der Waals surface area contributed by atoms with Crippen molar-refractivity contribution in [3.05, 3.63) is 113 Å². The van der Waals surface area contributed by atoms with Crippen LogP contribution in [0.1, 0.15) is 27.8 Å². The fraction of sp³-hybridized carbons (Fsp3) is 0.219. The van der Waals surface area contributed by atoms with Crippen molar-refractivity contribution in [3.8, 4) is 16.9 Å². The van der Waals surface area contributed by atoms with Crippen molar-refractivity contribution in [2.24, 2.45) is 0 Å². The molecule has 0 unspecified atom stereocenters. The summed E-state index contributed by atoms with van der Waals surface area (Å²) < 4.78 is 7.86. The molecule has 4 aromatic rings. The molecule has 4 nitrogen and oxygen atoms in total. The van der Waals surface area contributed by atoms with Gasteiger partial charge >= 0.3 is 5.97 Å². The molecular formula is C32H33NO3S2. The second-order valence-corrected chi connectivity index (χ2v) is 11.5. The maximum Gasteiger partial charge on any atom is 0.313 e. The van der Waals surface area contributed by atoms with Gasteiger partial charge in [0.25, 0.3) is 0 Å². The van der Waals surface area contributed by atoms with Gasteiger partial charge in [-0.05, 0) is 90.4 Å². The highest BCUT2D eigenvalue weighted by molar-refractivity contribution is 8.00. The Morgan fingerprint density at radius 2 is 1.50 bits per heavy atom. The lowest BCUT2D eigenvalue weighted by atomic mass is 10.0. The van der Waals surface area contributed by atoms with Crippen LogP contribution >= 0.6 is 23.7 Å². The van der Waals surface area contributed by atoms with E-state index in [4.69, 9.17) is 9.84 Å². The lowest BCUT2D eigenvalue weighted by Gasteiger charge is -2.24. The third-order valence-electron chi connectivity index (χ3n) is 6.16. The van der Waals surface area contributed by atoms with Crippen LogP contribution < -0.4 is 4.74 Å². The van der Waals surface area contributed by atoms with Gasteiger partial charge in [-0.15, -0.1) is 11.8 Å². The Kier molecular flexibility index (Phi) is 9.56. The van der Waals surface area contributed by atoms with E-state index in [1.807, 2.05) is 24.3 Å². The number of benzene rings is 4. The SMILES string of the molecule is COc1cccc(CN(Cc2ccc(-c3cccc(SCC(=O)O)c3)cc2)Sc2c(C)cc(C)cc2C)c1. The first-order valence-corrected chi connectivity index (χ1v) is 14.2. The van der Waals surface area contributed by atoms with Crippen molar-refractivity contribution in [2.75, 3.05) is 12.9 Å². The summed E-state index contributed by atoms with van der Waals surface area (Å²) >= 11 is 3.14. The molecule has 0 aliphatic carbocycles. The van der Waals surface area contributed by atoms with Gasteiger partial charge in [0.2, 0.25) is 0 Å². The monoisotopic (exact) mass is 543 g/mol. The van der Waals surface area contributed by atoms with Crippen LogP contribution in [0.4, 0.5) is 0 Å². The predicted molar refractivity (Wildman–Crippen MR) is 159 cm³/mol. The van der Waals surface area contributed by atoms with E-state index in [1.54, 1.807) is 19.1 Å². The summed E-state index contributed by atoms with van der Waals surface area (Å²) in [6.45, 7) is 8.07. The highest BCUT2D eigenvalue weighted by Crippen LogP contribution is 2.34. The van der Waals surface area contributed by atoms with Gasteiger partial charge in [0.15, 0.2) is 0 Å². The molecule has 0 saturated carbocycles. The number of hydrogen-bond acceptors (Lipinski definition) is 5. The summed E-state index contributed by atoms with van der Waals surface area (Å²) in [7, 11) is 1.70. The third-order valence-corrected chi connectivity index (χ3v) is 8.48. The van der Waals surface area contributed by atoms with E-state index in [0.717, 1.165) is 34.9 Å². The van der Waals surface area contributed by atoms with Crippen LogP contribution in [0.15, 0.2) is 94.7 Å². The number of carboxylic acids is 1. The summed E-state index contributed by atoms with van der Waals surface area (Å²) in [4.78, 5) is 13.2. The molecule has 1 N–H and O–H groups in total. The van der Waals surface area contributed by atoms with Crippen LogP contribution in [0.25, 0.3) is 11.1 Å². The molecule has 0 atom stereocenters. The molecule has 0 saturated heterocycles. The minimum absolute atomic E-state index is 0.0586. The largest absolute Gasteiger partial charge is 0.497 e. The second kappa shape index (κ2) is 13.1. The Labute approximate surface area is 234 Å². The van der Waals surface area contributed by atoms with Crippen molar-refractivity contribution in [3.63, 3.8) is 0 Å². The number of carbonyl (C=O) groups is 1. The maximum atomic E-state index is 10.9. The highest BCUT2D eigenvalue weighted by Gasteiger charge is 2.14. The van der Waals surface area contributed by atoms with E-state index in [0.29, 0.717) is 0 Å². The van der Waals surface area contributed by atoms with Gasteiger partial charge in [0.1, 0.15) is 5.75 Å². The molecule has 0 radical (unpaired) electrons. The summed E-state index contributed by atoms with van der Waals surface area (Å²) in [5.41, 5.74) is 8.49. The van der Waals surface area contributed by atoms with Gasteiger partial charge in [-0.25, -0.2) is 4.31 Å². The molecule has 0 bridgehead atoms.